The molecule has 4 aromatic carbocycles. The number of urea groups is 1. The Balaban J connectivity index is 1.42. The number of fused-ring (bicyclic) bond motifs is 4. The fourth-order valence-corrected chi connectivity index (χ4v) is 3.42. The minimum absolute atomic E-state index is 0.290. The Hall–Kier alpha value is -3.79. The zero-order valence-corrected chi connectivity index (χ0v) is 14.4. The Morgan fingerprint density at radius 1 is 0.667 bits per heavy atom. The molecule has 0 radical (unpaired) electrons. The number of para-hydroxylation sites is 1. The predicted octanol–water partition coefficient (Wildman–Crippen LogP) is 6.38. The molecule has 5 rings (SSSR count). The Morgan fingerprint density at radius 3 is 2.33 bits per heavy atom. The van der Waals surface area contributed by atoms with Crippen LogP contribution in [-0.2, 0) is 0 Å². The first-order valence-corrected chi connectivity index (χ1v) is 8.75. The highest BCUT2D eigenvalue weighted by molar-refractivity contribution is 6.09. The Labute approximate surface area is 155 Å². The fraction of sp³-hybridized carbons (Fsp3) is 0. The van der Waals surface area contributed by atoms with E-state index in [1.54, 1.807) is 0 Å². The summed E-state index contributed by atoms with van der Waals surface area (Å²) in [4.78, 5) is 12.5. The summed E-state index contributed by atoms with van der Waals surface area (Å²) in [6, 6.07) is 27.1. The van der Waals surface area contributed by atoms with Crippen LogP contribution in [0.3, 0.4) is 0 Å². The number of amides is 2. The molecular formula is C23H16N2O2. The summed E-state index contributed by atoms with van der Waals surface area (Å²) in [6.45, 7) is 0. The third-order valence-corrected chi connectivity index (χ3v) is 4.67. The van der Waals surface area contributed by atoms with Crippen LogP contribution in [0.5, 0.6) is 0 Å². The maximum Gasteiger partial charge on any atom is 0.323 e. The van der Waals surface area contributed by atoms with Crippen molar-refractivity contribution in [2.24, 2.45) is 0 Å². The molecule has 0 atom stereocenters. The van der Waals surface area contributed by atoms with Crippen LogP contribution in [0.1, 0.15) is 0 Å². The van der Waals surface area contributed by atoms with E-state index < -0.39 is 0 Å². The van der Waals surface area contributed by atoms with Crippen LogP contribution in [0.2, 0.25) is 0 Å². The van der Waals surface area contributed by atoms with Gasteiger partial charge in [-0.2, -0.15) is 0 Å². The van der Waals surface area contributed by atoms with Crippen molar-refractivity contribution in [2.45, 2.75) is 0 Å². The second kappa shape index (κ2) is 6.18. The molecule has 2 amide bonds. The average molecular weight is 352 g/mol. The molecule has 1 aromatic heterocycles. The van der Waals surface area contributed by atoms with Crippen molar-refractivity contribution in [3.8, 4) is 0 Å². The first kappa shape index (κ1) is 15.5. The zero-order valence-electron chi connectivity index (χ0n) is 14.4. The van der Waals surface area contributed by atoms with Crippen molar-refractivity contribution >= 4 is 50.1 Å². The van der Waals surface area contributed by atoms with Gasteiger partial charge < -0.3 is 15.1 Å². The van der Waals surface area contributed by atoms with Gasteiger partial charge >= 0.3 is 6.03 Å². The molecule has 0 saturated heterocycles. The number of hydrogen-bond donors (Lipinski definition) is 2. The van der Waals surface area contributed by atoms with Gasteiger partial charge in [0.15, 0.2) is 0 Å². The third-order valence-electron chi connectivity index (χ3n) is 4.67. The molecule has 0 aliphatic heterocycles. The fourth-order valence-electron chi connectivity index (χ4n) is 3.42. The van der Waals surface area contributed by atoms with Crippen molar-refractivity contribution in [1.29, 1.82) is 0 Å². The average Bonchev–Trinajstić information content (AvgIpc) is 3.06. The Morgan fingerprint density at radius 2 is 1.41 bits per heavy atom. The Kier molecular flexibility index (Phi) is 3.54. The van der Waals surface area contributed by atoms with Gasteiger partial charge in [-0.3, -0.25) is 0 Å². The van der Waals surface area contributed by atoms with Gasteiger partial charge in [-0.15, -0.1) is 0 Å². The van der Waals surface area contributed by atoms with Gasteiger partial charge in [0.05, 0.1) is 5.69 Å². The molecule has 4 nitrogen and oxygen atoms in total. The molecule has 130 valence electrons. The first-order chi connectivity index (χ1) is 13.3. The quantitative estimate of drug-likeness (QED) is 0.387. The first-order valence-electron chi connectivity index (χ1n) is 8.75. The lowest BCUT2D eigenvalue weighted by Crippen LogP contribution is -2.19. The van der Waals surface area contributed by atoms with E-state index in [1.807, 2.05) is 84.9 Å². The summed E-state index contributed by atoms with van der Waals surface area (Å²) in [7, 11) is 0. The molecule has 0 spiro atoms. The van der Waals surface area contributed by atoms with Crippen LogP contribution >= 0.6 is 0 Å². The monoisotopic (exact) mass is 352 g/mol. The summed E-state index contributed by atoms with van der Waals surface area (Å²) in [6.07, 6.45) is 0. The molecule has 0 saturated carbocycles. The number of carbonyl (C=O) groups is 1. The van der Waals surface area contributed by atoms with Crippen LogP contribution in [0.4, 0.5) is 16.2 Å². The lowest BCUT2D eigenvalue weighted by molar-refractivity contribution is 0.262. The molecule has 1 heterocycles. The second-order valence-corrected chi connectivity index (χ2v) is 6.41. The molecule has 5 aromatic rings. The van der Waals surface area contributed by atoms with Crippen LogP contribution in [-0.4, -0.2) is 6.03 Å². The van der Waals surface area contributed by atoms with Gasteiger partial charge in [-0.1, -0.05) is 54.6 Å². The predicted molar refractivity (Wildman–Crippen MR) is 110 cm³/mol. The topological polar surface area (TPSA) is 54.3 Å². The van der Waals surface area contributed by atoms with Crippen molar-refractivity contribution in [3.63, 3.8) is 0 Å². The summed E-state index contributed by atoms with van der Waals surface area (Å²) in [5, 5.41) is 10.00. The van der Waals surface area contributed by atoms with Gasteiger partial charge in [0, 0.05) is 27.9 Å². The van der Waals surface area contributed by atoms with E-state index >= 15 is 0 Å². The normalized spacial score (nSPS) is 11.1. The maximum absolute atomic E-state index is 12.5. The largest absolute Gasteiger partial charge is 0.456 e. The minimum atomic E-state index is -0.290. The molecule has 0 unspecified atom stereocenters. The molecule has 0 bridgehead atoms. The van der Waals surface area contributed by atoms with Crippen LogP contribution in [0.15, 0.2) is 89.3 Å². The van der Waals surface area contributed by atoms with E-state index in [0.29, 0.717) is 5.69 Å². The molecule has 0 aliphatic carbocycles. The number of furan rings is 1. The molecule has 4 heteroatoms. The van der Waals surface area contributed by atoms with Crippen LogP contribution < -0.4 is 10.6 Å². The number of rotatable bonds is 2. The second-order valence-electron chi connectivity index (χ2n) is 6.41. The lowest BCUT2D eigenvalue weighted by atomic mass is 10.1. The lowest BCUT2D eigenvalue weighted by Gasteiger charge is -2.10. The highest BCUT2D eigenvalue weighted by Gasteiger charge is 2.09. The number of benzene rings is 4. The summed E-state index contributed by atoms with van der Waals surface area (Å²) in [5.74, 6) is 0. The van der Waals surface area contributed by atoms with E-state index in [2.05, 4.69) is 10.6 Å². The SMILES string of the molecule is O=C(Nc1ccc2c(c1)oc1ccccc12)Nc1cccc2ccccc12. The molecule has 0 aliphatic rings. The summed E-state index contributed by atoms with van der Waals surface area (Å²) >= 11 is 0. The van der Waals surface area contributed by atoms with Gasteiger partial charge in [-0.05, 0) is 29.7 Å². The van der Waals surface area contributed by atoms with Gasteiger partial charge in [0.2, 0.25) is 0 Å². The molecular weight excluding hydrogens is 336 g/mol. The smallest absolute Gasteiger partial charge is 0.323 e. The van der Waals surface area contributed by atoms with Crippen LogP contribution in [0, 0.1) is 0 Å². The van der Waals surface area contributed by atoms with E-state index in [4.69, 9.17) is 4.42 Å². The number of anilines is 2. The van der Waals surface area contributed by atoms with Crippen molar-refractivity contribution in [2.75, 3.05) is 10.6 Å². The third kappa shape index (κ3) is 2.77. The van der Waals surface area contributed by atoms with E-state index in [-0.39, 0.29) is 6.03 Å². The highest BCUT2D eigenvalue weighted by atomic mass is 16.3. The Bertz CT molecular complexity index is 1300. The summed E-state index contributed by atoms with van der Waals surface area (Å²) in [5.41, 5.74) is 3.04. The minimum Gasteiger partial charge on any atom is -0.456 e. The number of nitrogens with one attached hydrogen (secondary N) is 2. The zero-order chi connectivity index (χ0) is 18.2. The van der Waals surface area contributed by atoms with Crippen molar-refractivity contribution in [3.05, 3.63) is 84.9 Å². The van der Waals surface area contributed by atoms with Crippen LogP contribution in [0.25, 0.3) is 32.7 Å². The van der Waals surface area contributed by atoms with Gasteiger partial charge in [0.1, 0.15) is 11.2 Å². The van der Waals surface area contributed by atoms with Gasteiger partial charge in [0.25, 0.3) is 0 Å². The van der Waals surface area contributed by atoms with Crippen molar-refractivity contribution < 1.29 is 9.21 Å². The maximum atomic E-state index is 12.5. The molecule has 27 heavy (non-hydrogen) atoms. The summed E-state index contributed by atoms with van der Waals surface area (Å²) < 4.78 is 5.88. The van der Waals surface area contributed by atoms with Crippen molar-refractivity contribution in [1.82, 2.24) is 0 Å². The number of carbonyl (C=O) groups excluding carboxylic acids is 1. The molecule has 2 N–H and O–H groups in total. The molecule has 0 fully saturated rings. The van der Waals surface area contributed by atoms with E-state index in [0.717, 1.165) is 38.4 Å². The van der Waals surface area contributed by atoms with E-state index in [9.17, 15) is 4.79 Å². The number of hydrogen-bond acceptors (Lipinski definition) is 2. The highest BCUT2D eigenvalue weighted by Crippen LogP contribution is 2.30. The standard InChI is InChI=1S/C23H16N2O2/c26-23(25-20-10-5-7-15-6-1-2-8-17(15)20)24-16-12-13-19-18-9-3-4-11-21(18)27-22(19)14-16/h1-14H,(H2,24,25,26). The van der Waals surface area contributed by atoms with Gasteiger partial charge in [-0.25, -0.2) is 4.79 Å². The van der Waals surface area contributed by atoms with E-state index in [1.165, 1.54) is 0 Å².